The first-order valence-corrected chi connectivity index (χ1v) is 11.2. The number of hydrazone groups is 1. The number of fused-ring (bicyclic) bond motifs is 1. The lowest BCUT2D eigenvalue weighted by molar-refractivity contribution is -0.114. The second-order valence-electron chi connectivity index (χ2n) is 7.79. The molecule has 8 heteroatoms. The lowest BCUT2D eigenvalue weighted by Gasteiger charge is -2.20. The monoisotopic (exact) mass is 457 g/mol. The number of aromatic nitrogens is 1. The van der Waals surface area contributed by atoms with Crippen LogP contribution < -0.4 is 0 Å². The van der Waals surface area contributed by atoms with Crippen molar-refractivity contribution in [1.82, 2.24) is 9.58 Å². The summed E-state index contributed by atoms with van der Waals surface area (Å²) >= 11 is 1.31. The quantitative estimate of drug-likeness (QED) is 0.554. The molecule has 6 nitrogen and oxygen atoms in total. The first-order valence-electron chi connectivity index (χ1n) is 10.4. The van der Waals surface area contributed by atoms with Crippen molar-refractivity contribution < 1.29 is 9.18 Å². The van der Waals surface area contributed by atoms with Crippen LogP contribution in [0.4, 0.5) is 4.39 Å². The van der Waals surface area contributed by atoms with Gasteiger partial charge in [0.25, 0.3) is 5.91 Å². The van der Waals surface area contributed by atoms with E-state index in [-0.39, 0.29) is 17.2 Å². The highest BCUT2D eigenvalue weighted by atomic mass is 32.2. The molecule has 0 fully saturated rings. The molecule has 1 aromatic heterocycles. The van der Waals surface area contributed by atoms with E-state index in [9.17, 15) is 9.18 Å². The molecular weight excluding hydrogens is 437 g/mol. The van der Waals surface area contributed by atoms with E-state index >= 15 is 0 Å². The van der Waals surface area contributed by atoms with E-state index in [1.54, 1.807) is 28.8 Å². The Hall–Kier alpha value is -3.78. The molecule has 2 aliphatic rings. The van der Waals surface area contributed by atoms with Gasteiger partial charge in [0.15, 0.2) is 5.84 Å². The first kappa shape index (κ1) is 21.1. The lowest BCUT2D eigenvalue weighted by atomic mass is 10.1. The summed E-state index contributed by atoms with van der Waals surface area (Å²) in [4.78, 5) is 17.0. The van der Waals surface area contributed by atoms with Crippen molar-refractivity contribution in [3.8, 4) is 5.69 Å². The fraction of sp³-hybridized carbons (Fsp3) is 0.120. The van der Waals surface area contributed by atoms with E-state index in [1.165, 1.54) is 22.8 Å². The summed E-state index contributed by atoms with van der Waals surface area (Å²) in [5, 5.41) is 15.7. The summed E-state index contributed by atoms with van der Waals surface area (Å²) in [5.41, 5.74) is 4.00. The van der Waals surface area contributed by atoms with Gasteiger partial charge in [0.05, 0.1) is 11.3 Å². The van der Waals surface area contributed by atoms with E-state index in [2.05, 4.69) is 10.1 Å². The van der Waals surface area contributed by atoms with Gasteiger partial charge in [-0.3, -0.25) is 10.2 Å². The van der Waals surface area contributed by atoms with Crippen LogP contribution in [0.25, 0.3) is 11.8 Å². The van der Waals surface area contributed by atoms with Crippen molar-refractivity contribution in [1.29, 1.82) is 5.41 Å². The van der Waals surface area contributed by atoms with Gasteiger partial charge in [-0.15, -0.1) is 0 Å². The number of nitrogens with zero attached hydrogens (tertiary/aromatic N) is 4. The summed E-state index contributed by atoms with van der Waals surface area (Å²) < 4.78 is 16.2. The van der Waals surface area contributed by atoms with Crippen LogP contribution in [0.3, 0.4) is 0 Å². The number of rotatable bonds is 4. The largest absolute Gasteiger partial charge is 0.315 e. The zero-order valence-electron chi connectivity index (χ0n) is 18.0. The number of aliphatic imine (C=N–C) groups is 1. The molecule has 0 atom stereocenters. The minimum Gasteiger partial charge on any atom is -0.315 e. The van der Waals surface area contributed by atoms with Crippen molar-refractivity contribution in [3.05, 3.63) is 94.6 Å². The van der Waals surface area contributed by atoms with E-state index in [1.807, 2.05) is 50.2 Å². The molecule has 0 unspecified atom stereocenters. The van der Waals surface area contributed by atoms with Crippen molar-refractivity contribution in [3.63, 3.8) is 0 Å². The van der Waals surface area contributed by atoms with E-state index in [0.717, 1.165) is 27.6 Å². The van der Waals surface area contributed by atoms with Gasteiger partial charge >= 0.3 is 0 Å². The van der Waals surface area contributed by atoms with Crippen LogP contribution >= 0.6 is 11.8 Å². The van der Waals surface area contributed by atoms with E-state index in [0.29, 0.717) is 17.3 Å². The molecule has 0 spiro atoms. The number of hydrogen-bond acceptors (Lipinski definition) is 4. The highest BCUT2D eigenvalue weighted by molar-refractivity contribution is 8.26. The standard InChI is InChI=1S/C25H20FN5OS/c1-15-12-18(16(2)30(15)21-11-7-6-10-20(21)26)14-19-23(27)31-25(28-24(19)32)33-22(29-31)13-17-8-4-3-5-9-17/h3-12,14,27H,13H2,1-2H3/b19-14+,27-23?. The number of carbonyl (C=O) groups excluding carboxylic acids is 1. The Bertz CT molecular complexity index is 1390. The lowest BCUT2D eigenvalue weighted by Crippen LogP contribution is -2.35. The topological polar surface area (TPSA) is 73.8 Å². The van der Waals surface area contributed by atoms with E-state index < -0.39 is 5.91 Å². The molecular formula is C25H20FN5OS. The van der Waals surface area contributed by atoms with Gasteiger partial charge in [-0.05, 0) is 61.0 Å². The van der Waals surface area contributed by atoms with Crippen molar-refractivity contribution in [2.45, 2.75) is 20.3 Å². The number of amides is 1. The molecule has 1 N–H and O–H groups in total. The smallest absolute Gasteiger partial charge is 0.283 e. The Labute approximate surface area is 194 Å². The van der Waals surface area contributed by atoms with Crippen molar-refractivity contribution in [2.24, 2.45) is 10.1 Å². The number of carbonyl (C=O) groups is 1. The Morgan fingerprint density at radius 2 is 1.82 bits per heavy atom. The zero-order chi connectivity index (χ0) is 23.1. The number of halogens is 1. The van der Waals surface area contributed by atoms with E-state index in [4.69, 9.17) is 5.41 Å². The van der Waals surface area contributed by atoms with Crippen LogP contribution in [0.15, 0.2) is 76.3 Å². The van der Waals surface area contributed by atoms with Gasteiger partial charge < -0.3 is 4.57 Å². The predicted molar refractivity (Wildman–Crippen MR) is 130 cm³/mol. The molecule has 1 amide bonds. The molecule has 2 aromatic carbocycles. The third kappa shape index (κ3) is 3.82. The Morgan fingerprint density at radius 1 is 1.09 bits per heavy atom. The molecule has 0 aliphatic carbocycles. The van der Waals surface area contributed by atoms with Crippen LogP contribution in [0.5, 0.6) is 0 Å². The summed E-state index contributed by atoms with van der Waals surface area (Å²) in [5.74, 6) is -0.828. The summed E-state index contributed by atoms with van der Waals surface area (Å²) in [6.07, 6.45) is 2.24. The van der Waals surface area contributed by atoms with Gasteiger partial charge in [0, 0.05) is 17.8 Å². The fourth-order valence-corrected chi connectivity index (χ4v) is 4.89. The number of thioether (sulfide) groups is 1. The number of hydrogen-bond donors (Lipinski definition) is 1. The average molecular weight is 458 g/mol. The average Bonchev–Trinajstić information content (AvgIpc) is 3.32. The minimum atomic E-state index is -0.481. The molecule has 2 aliphatic heterocycles. The van der Waals surface area contributed by atoms with Gasteiger partial charge in [-0.2, -0.15) is 15.1 Å². The van der Waals surface area contributed by atoms with Crippen LogP contribution in [-0.4, -0.2) is 31.5 Å². The molecule has 3 heterocycles. The zero-order valence-corrected chi connectivity index (χ0v) is 18.9. The fourth-order valence-electron chi connectivity index (χ4n) is 3.97. The number of amidine groups is 2. The van der Waals surface area contributed by atoms with Crippen LogP contribution in [0.2, 0.25) is 0 Å². The third-order valence-corrected chi connectivity index (χ3v) is 6.47. The number of benzene rings is 2. The minimum absolute atomic E-state index is 0.0174. The van der Waals surface area contributed by atoms with Crippen LogP contribution in [0, 0.1) is 25.1 Å². The predicted octanol–water partition coefficient (Wildman–Crippen LogP) is 5.10. The Kier molecular flexibility index (Phi) is 5.30. The molecule has 5 rings (SSSR count). The second-order valence-corrected chi connectivity index (χ2v) is 8.83. The van der Waals surface area contributed by atoms with Gasteiger partial charge in [0.2, 0.25) is 5.17 Å². The van der Waals surface area contributed by atoms with Crippen LogP contribution in [0.1, 0.15) is 22.5 Å². The maximum Gasteiger partial charge on any atom is 0.283 e. The second kappa shape index (κ2) is 8.29. The number of para-hydroxylation sites is 1. The molecule has 0 saturated carbocycles. The van der Waals surface area contributed by atoms with Crippen molar-refractivity contribution in [2.75, 3.05) is 0 Å². The molecule has 3 aromatic rings. The normalized spacial score (nSPS) is 16.8. The van der Waals surface area contributed by atoms with Crippen LogP contribution in [-0.2, 0) is 11.2 Å². The molecule has 0 bridgehead atoms. The number of aryl methyl sites for hydroxylation is 1. The maximum absolute atomic E-state index is 14.4. The van der Waals surface area contributed by atoms with Crippen molar-refractivity contribution >= 4 is 39.8 Å². The molecule has 33 heavy (non-hydrogen) atoms. The first-order chi connectivity index (χ1) is 15.9. The summed E-state index contributed by atoms with van der Waals surface area (Å²) in [6, 6.07) is 18.3. The summed E-state index contributed by atoms with van der Waals surface area (Å²) in [7, 11) is 0. The Balaban J connectivity index is 1.47. The highest BCUT2D eigenvalue weighted by Crippen LogP contribution is 2.31. The molecule has 164 valence electrons. The van der Waals surface area contributed by atoms with Gasteiger partial charge in [-0.1, -0.05) is 42.5 Å². The third-order valence-electron chi connectivity index (χ3n) is 5.56. The SMILES string of the molecule is Cc1cc(/C=C2\C(=N)N3N=C(Cc4ccccc4)SC3=NC2=O)c(C)n1-c1ccccc1F. The molecule has 0 saturated heterocycles. The molecule has 0 radical (unpaired) electrons. The van der Waals surface area contributed by atoms with Gasteiger partial charge in [0.1, 0.15) is 10.9 Å². The highest BCUT2D eigenvalue weighted by Gasteiger charge is 2.35. The Morgan fingerprint density at radius 3 is 2.58 bits per heavy atom. The number of nitrogens with one attached hydrogen (secondary N) is 1. The maximum atomic E-state index is 14.4. The van der Waals surface area contributed by atoms with Gasteiger partial charge in [-0.25, -0.2) is 4.39 Å². The summed E-state index contributed by atoms with van der Waals surface area (Å²) in [6.45, 7) is 3.74.